The van der Waals surface area contributed by atoms with E-state index in [1.165, 1.54) is 25.6 Å². The molecule has 0 spiro atoms. The SMILES string of the molecule is CCC1c2nnc(C)n2-c2cnc(-n3ccnc3-c3cncnc3)nc2N1C1CCC1. The molecule has 1 unspecified atom stereocenters. The first kappa shape index (κ1) is 18.1. The van der Waals surface area contributed by atoms with Gasteiger partial charge < -0.3 is 4.90 Å². The molecule has 0 aromatic carbocycles. The second-order valence-corrected chi connectivity index (χ2v) is 7.98. The second-order valence-electron chi connectivity index (χ2n) is 7.98. The number of aryl methyl sites for hydroxylation is 1. The molecule has 10 nitrogen and oxygen atoms in total. The Morgan fingerprint density at radius 3 is 2.65 bits per heavy atom. The van der Waals surface area contributed by atoms with Gasteiger partial charge >= 0.3 is 0 Å². The van der Waals surface area contributed by atoms with Gasteiger partial charge in [0.2, 0.25) is 5.95 Å². The summed E-state index contributed by atoms with van der Waals surface area (Å²) in [5, 5.41) is 8.87. The van der Waals surface area contributed by atoms with Crippen LogP contribution in [0.2, 0.25) is 0 Å². The van der Waals surface area contributed by atoms with Crippen molar-refractivity contribution in [3.8, 4) is 23.0 Å². The van der Waals surface area contributed by atoms with Crippen molar-refractivity contribution in [2.75, 3.05) is 4.90 Å². The summed E-state index contributed by atoms with van der Waals surface area (Å²) in [4.78, 5) is 24.9. The van der Waals surface area contributed by atoms with Gasteiger partial charge in [-0.3, -0.25) is 9.13 Å². The highest BCUT2D eigenvalue weighted by Crippen LogP contribution is 2.44. The van der Waals surface area contributed by atoms with E-state index >= 15 is 0 Å². The summed E-state index contributed by atoms with van der Waals surface area (Å²) < 4.78 is 3.98. The van der Waals surface area contributed by atoms with Gasteiger partial charge in [0, 0.05) is 30.8 Å². The third-order valence-electron chi connectivity index (χ3n) is 6.24. The van der Waals surface area contributed by atoms with E-state index in [1.54, 1.807) is 18.6 Å². The van der Waals surface area contributed by atoms with Gasteiger partial charge in [0.25, 0.3) is 0 Å². The molecular weight excluding hydrogens is 392 g/mol. The minimum absolute atomic E-state index is 0.145. The normalized spacial score (nSPS) is 17.9. The van der Waals surface area contributed by atoms with Gasteiger partial charge in [0.05, 0.1) is 17.8 Å². The Balaban J connectivity index is 1.53. The number of hydrogen-bond donors (Lipinski definition) is 0. The number of fused-ring (bicyclic) bond motifs is 3. The van der Waals surface area contributed by atoms with Crippen molar-refractivity contribution in [2.24, 2.45) is 0 Å². The number of aromatic nitrogens is 9. The summed E-state index contributed by atoms with van der Waals surface area (Å²) in [7, 11) is 0. The van der Waals surface area contributed by atoms with Crippen molar-refractivity contribution in [1.82, 2.24) is 44.3 Å². The van der Waals surface area contributed by atoms with E-state index < -0.39 is 0 Å². The maximum absolute atomic E-state index is 5.06. The molecule has 2 aliphatic rings. The van der Waals surface area contributed by atoms with Gasteiger partial charge in [0.1, 0.15) is 23.7 Å². The molecule has 156 valence electrons. The average molecular weight is 414 g/mol. The van der Waals surface area contributed by atoms with Crippen LogP contribution in [0.25, 0.3) is 23.0 Å². The number of hydrogen-bond acceptors (Lipinski definition) is 8. The van der Waals surface area contributed by atoms with Crippen LogP contribution >= 0.6 is 0 Å². The number of anilines is 1. The van der Waals surface area contributed by atoms with Crippen molar-refractivity contribution in [3.63, 3.8) is 0 Å². The lowest BCUT2D eigenvalue weighted by molar-refractivity contribution is 0.341. The third-order valence-corrected chi connectivity index (χ3v) is 6.24. The standard InChI is InChI=1S/C21H22N10/c1-3-16-20-28-27-13(2)30(20)17-11-25-21(26-19(17)31(16)15-5-4-6-15)29-8-7-24-18(29)14-9-22-12-23-10-14/h7-12,15-16H,3-6H2,1-2H3. The first-order chi connectivity index (χ1) is 15.3. The molecular formula is C21H22N10. The van der Waals surface area contributed by atoms with Crippen LogP contribution in [0.1, 0.15) is 50.3 Å². The van der Waals surface area contributed by atoms with Gasteiger partial charge in [-0.25, -0.2) is 19.9 Å². The number of nitrogens with zero attached hydrogens (tertiary/aromatic N) is 10. The fourth-order valence-corrected chi connectivity index (χ4v) is 4.55. The van der Waals surface area contributed by atoms with Gasteiger partial charge in [-0.2, -0.15) is 4.98 Å². The Morgan fingerprint density at radius 2 is 1.90 bits per heavy atom. The third kappa shape index (κ3) is 2.67. The predicted molar refractivity (Wildman–Crippen MR) is 113 cm³/mol. The van der Waals surface area contributed by atoms with E-state index in [9.17, 15) is 0 Å². The lowest BCUT2D eigenvalue weighted by Gasteiger charge is -2.45. The summed E-state index contributed by atoms with van der Waals surface area (Å²) in [5.41, 5.74) is 1.75. The van der Waals surface area contributed by atoms with Crippen LogP contribution in [0.3, 0.4) is 0 Å². The highest BCUT2D eigenvalue weighted by Gasteiger charge is 2.40. The molecule has 0 bridgehead atoms. The van der Waals surface area contributed by atoms with E-state index in [0.29, 0.717) is 17.8 Å². The van der Waals surface area contributed by atoms with Crippen molar-refractivity contribution in [3.05, 3.63) is 49.0 Å². The lowest BCUT2D eigenvalue weighted by atomic mass is 9.89. The van der Waals surface area contributed by atoms with Crippen LogP contribution in [0.5, 0.6) is 0 Å². The average Bonchev–Trinajstić information content (AvgIpc) is 3.40. The molecule has 5 heterocycles. The molecule has 0 amide bonds. The number of rotatable bonds is 4. The maximum Gasteiger partial charge on any atom is 0.237 e. The Morgan fingerprint density at radius 1 is 1.06 bits per heavy atom. The fraction of sp³-hybridized carbons (Fsp3) is 0.381. The van der Waals surface area contributed by atoms with Crippen molar-refractivity contribution in [1.29, 1.82) is 0 Å². The zero-order chi connectivity index (χ0) is 20.9. The van der Waals surface area contributed by atoms with E-state index in [2.05, 4.69) is 41.5 Å². The van der Waals surface area contributed by atoms with Crippen LogP contribution in [-0.2, 0) is 0 Å². The molecule has 6 rings (SSSR count). The Labute approximate surface area is 179 Å². The summed E-state index contributed by atoms with van der Waals surface area (Å²) in [6.07, 6.45) is 15.0. The van der Waals surface area contributed by atoms with Gasteiger partial charge in [0.15, 0.2) is 11.6 Å². The molecule has 0 saturated heterocycles. The highest BCUT2D eigenvalue weighted by molar-refractivity contribution is 5.64. The zero-order valence-electron chi connectivity index (χ0n) is 17.4. The molecule has 1 aliphatic heterocycles. The quantitative estimate of drug-likeness (QED) is 0.502. The zero-order valence-corrected chi connectivity index (χ0v) is 17.4. The summed E-state index contributed by atoms with van der Waals surface area (Å²) in [6, 6.07) is 0.605. The lowest BCUT2D eigenvalue weighted by Crippen LogP contribution is -2.46. The summed E-state index contributed by atoms with van der Waals surface area (Å²) in [5.74, 6) is 4.04. The maximum atomic E-state index is 5.06. The molecule has 31 heavy (non-hydrogen) atoms. The molecule has 4 aromatic rings. The monoisotopic (exact) mass is 414 g/mol. The largest absolute Gasteiger partial charge is 0.341 e. The van der Waals surface area contributed by atoms with Crippen molar-refractivity contribution in [2.45, 2.75) is 51.6 Å². The fourth-order valence-electron chi connectivity index (χ4n) is 4.55. The smallest absolute Gasteiger partial charge is 0.237 e. The number of imidazole rings is 1. The van der Waals surface area contributed by atoms with Crippen molar-refractivity contribution >= 4 is 5.82 Å². The van der Waals surface area contributed by atoms with E-state index in [4.69, 9.17) is 9.97 Å². The van der Waals surface area contributed by atoms with E-state index in [-0.39, 0.29) is 6.04 Å². The first-order valence-electron chi connectivity index (χ1n) is 10.6. The molecule has 0 N–H and O–H groups in total. The molecule has 1 fully saturated rings. The van der Waals surface area contributed by atoms with Crippen LogP contribution < -0.4 is 4.90 Å². The van der Waals surface area contributed by atoms with Crippen LogP contribution in [0.15, 0.2) is 37.3 Å². The Kier molecular flexibility index (Phi) is 4.05. The minimum Gasteiger partial charge on any atom is -0.341 e. The Hall–Kier alpha value is -3.69. The van der Waals surface area contributed by atoms with Crippen LogP contribution in [0, 0.1) is 6.92 Å². The van der Waals surface area contributed by atoms with Gasteiger partial charge in [-0.1, -0.05) is 6.92 Å². The summed E-state index contributed by atoms with van der Waals surface area (Å²) in [6.45, 7) is 4.17. The highest BCUT2D eigenvalue weighted by atomic mass is 15.4. The van der Waals surface area contributed by atoms with Crippen LogP contribution in [-0.4, -0.2) is 50.3 Å². The minimum atomic E-state index is 0.145. The molecule has 0 radical (unpaired) electrons. The molecule has 1 saturated carbocycles. The van der Waals surface area contributed by atoms with E-state index in [0.717, 1.165) is 35.1 Å². The van der Waals surface area contributed by atoms with E-state index in [1.807, 2.05) is 23.9 Å². The topological polar surface area (TPSA) is 103 Å². The summed E-state index contributed by atoms with van der Waals surface area (Å²) >= 11 is 0. The molecule has 4 aromatic heterocycles. The van der Waals surface area contributed by atoms with Crippen molar-refractivity contribution < 1.29 is 0 Å². The molecule has 10 heteroatoms. The first-order valence-corrected chi connectivity index (χ1v) is 10.6. The molecule has 1 aliphatic carbocycles. The Bertz CT molecular complexity index is 1240. The van der Waals surface area contributed by atoms with Gasteiger partial charge in [-0.05, 0) is 32.6 Å². The van der Waals surface area contributed by atoms with Crippen LogP contribution in [0.4, 0.5) is 5.82 Å². The van der Waals surface area contributed by atoms with Gasteiger partial charge in [-0.15, -0.1) is 10.2 Å². The predicted octanol–water partition coefficient (Wildman–Crippen LogP) is 2.83. The second kappa shape index (κ2) is 6.93. The molecule has 1 atom stereocenters.